The summed E-state index contributed by atoms with van der Waals surface area (Å²) in [5.41, 5.74) is 2.42. The number of nitrogens with one attached hydrogen (secondary N) is 1. The molecule has 20 heavy (non-hydrogen) atoms. The smallest absolute Gasteiger partial charge is 0.378 e. The van der Waals surface area contributed by atoms with E-state index in [2.05, 4.69) is 15.5 Å². The molecule has 8 heteroatoms. The van der Waals surface area contributed by atoms with Crippen LogP contribution in [0.4, 0.5) is 18.9 Å². The van der Waals surface area contributed by atoms with E-state index < -0.39 is 12.7 Å². The molecule has 2 heterocycles. The predicted octanol–water partition coefficient (Wildman–Crippen LogP) is 2.58. The lowest BCUT2D eigenvalue weighted by atomic mass is 10.3. The predicted molar refractivity (Wildman–Crippen MR) is 68.2 cm³/mol. The van der Waals surface area contributed by atoms with Crippen molar-refractivity contribution in [1.82, 2.24) is 19.6 Å². The maximum atomic E-state index is 12.2. The van der Waals surface area contributed by atoms with Gasteiger partial charge in [-0.2, -0.15) is 23.4 Å². The lowest BCUT2D eigenvalue weighted by Gasteiger charge is -2.05. The molecule has 0 atom stereocenters. The summed E-state index contributed by atoms with van der Waals surface area (Å²) in [6, 6.07) is 0. The first-order chi connectivity index (χ1) is 9.37. The number of alkyl halides is 3. The average Bonchev–Trinajstić information content (AvgIpc) is 2.91. The van der Waals surface area contributed by atoms with Crippen LogP contribution in [0.25, 0.3) is 0 Å². The highest BCUT2D eigenvalue weighted by Gasteiger charge is 2.28. The molecular weight excluding hydrogens is 271 g/mol. The minimum Gasteiger partial charge on any atom is -0.378 e. The van der Waals surface area contributed by atoms with Crippen LogP contribution in [0.3, 0.4) is 0 Å². The van der Waals surface area contributed by atoms with Gasteiger partial charge in [0.15, 0.2) is 0 Å². The van der Waals surface area contributed by atoms with Crippen LogP contribution < -0.4 is 5.32 Å². The molecule has 0 aliphatic carbocycles. The van der Waals surface area contributed by atoms with Crippen LogP contribution >= 0.6 is 0 Å². The molecule has 0 saturated carbocycles. The second-order valence-corrected chi connectivity index (χ2v) is 4.50. The first kappa shape index (κ1) is 14.4. The minimum absolute atomic E-state index is 0.411. The zero-order valence-corrected chi connectivity index (χ0v) is 11.3. The van der Waals surface area contributed by atoms with Crippen LogP contribution in [0.2, 0.25) is 0 Å². The van der Waals surface area contributed by atoms with Crippen molar-refractivity contribution in [3.8, 4) is 0 Å². The van der Waals surface area contributed by atoms with Gasteiger partial charge in [-0.3, -0.25) is 9.36 Å². The molecule has 0 spiro atoms. The lowest BCUT2D eigenvalue weighted by Crippen LogP contribution is -2.17. The van der Waals surface area contributed by atoms with Gasteiger partial charge < -0.3 is 5.32 Å². The van der Waals surface area contributed by atoms with Crippen LogP contribution in [0.15, 0.2) is 18.6 Å². The van der Waals surface area contributed by atoms with Gasteiger partial charge in [0, 0.05) is 31.0 Å². The quantitative estimate of drug-likeness (QED) is 0.919. The highest BCUT2D eigenvalue weighted by molar-refractivity contribution is 5.45. The molecule has 2 aromatic heterocycles. The van der Waals surface area contributed by atoms with Crippen LogP contribution in [0, 0.1) is 6.92 Å². The molecule has 0 unspecified atom stereocenters. The molecular formula is C12H16F3N5. The van der Waals surface area contributed by atoms with Gasteiger partial charge in [-0.1, -0.05) is 0 Å². The molecule has 0 aliphatic heterocycles. The molecule has 0 aliphatic rings. The van der Waals surface area contributed by atoms with Crippen molar-refractivity contribution in [2.45, 2.75) is 39.7 Å². The van der Waals surface area contributed by atoms with Crippen LogP contribution in [-0.4, -0.2) is 25.7 Å². The van der Waals surface area contributed by atoms with Gasteiger partial charge in [-0.25, -0.2) is 0 Å². The van der Waals surface area contributed by atoms with E-state index in [1.54, 1.807) is 4.68 Å². The molecule has 5 nitrogen and oxygen atoms in total. The highest BCUT2D eigenvalue weighted by atomic mass is 19.4. The fourth-order valence-corrected chi connectivity index (χ4v) is 1.82. The molecule has 0 saturated heterocycles. The molecule has 0 radical (unpaired) electrons. The molecule has 0 aromatic carbocycles. The minimum atomic E-state index is -4.25. The number of halogens is 3. The Bertz CT molecular complexity index is 570. The molecule has 0 bridgehead atoms. The molecule has 2 rings (SSSR count). The largest absolute Gasteiger partial charge is 0.408 e. The lowest BCUT2D eigenvalue weighted by molar-refractivity contribution is -0.142. The first-order valence-electron chi connectivity index (χ1n) is 6.23. The standard InChI is InChI=1S/C12H16F3N5/c1-3-19-7-11(9(2)18-19)16-4-10-5-17-20(6-10)8-12(13,14)15/h5-7,16H,3-4,8H2,1-2H3. The van der Waals surface area contributed by atoms with Crippen molar-refractivity contribution in [2.24, 2.45) is 0 Å². The number of hydrogen-bond donors (Lipinski definition) is 1. The molecule has 0 fully saturated rings. The summed E-state index contributed by atoms with van der Waals surface area (Å²) in [6.45, 7) is 3.97. The van der Waals surface area contributed by atoms with E-state index in [1.807, 2.05) is 20.0 Å². The Hall–Kier alpha value is -1.99. The topological polar surface area (TPSA) is 47.7 Å². The summed E-state index contributed by atoms with van der Waals surface area (Å²) in [6.07, 6.45) is 0.434. The van der Waals surface area contributed by atoms with Crippen LogP contribution in [0.5, 0.6) is 0 Å². The normalized spacial score (nSPS) is 11.8. The SMILES string of the molecule is CCn1cc(NCc2cnn(CC(F)(F)F)c2)c(C)n1. The number of aryl methyl sites for hydroxylation is 2. The second-order valence-electron chi connectivity index (χ2n) is 4.50. The summed E-state index contributed by atoms with van der Waals surface area (Å²) >= 11 is 0. The zero-order valence-electron chi connectivity index (χ0n) is 11.3. The Morgan fingerprint density at radius 3 is 2.60 bits per heavy atom. The average molecular weight is 287 g/mol. The van der Waals surface area contributed by atoms with Crippen LogP contribution in [0.1, 0.15) is 18.2 Å². The van der Waals surface area contributed by atoms with Gasteiger partial charge in [-0.05, 0) is 13.8 Å². The van der Waals surface area contributed by atoms with Crippen LogP contribution in [-0.2, 0) is 19.6 Å². The van der Waals surface area contributed by atoms with E-state index >= 15 is 0 Å². The molecule has 110 valence electrons. The highest BCUT2D eigenvalue weighted by Crippen LogP contribution is 2.18. The third-order valence-corrected chi connectivity index (χ3v) is 2.78. The molecule has 0 amide bonds. The fraction of sp³-hybridized carbons (Fsp3) is 0.500. The first-order valence-corrected chi connectivity index (χ1v) is 6.23. The summed E-state index contributed by atoms with van der Waals surface area (Å²) < 4.78 is 39.3. The number of nitrogens with zero attached hydrogens (tertiary/aromatic N) is 4. The third-order valence-electron chi connectivity index (χ3n) is 2.78. The van der Waals surface area contributed by atoms with E-state index in [9.17, 15) is 13.2 Å². The van der Waals surface area contributed by atoms with E-state index in [0.717, 1.165) is 22.6 Å². The summed E-state index contributed by atoms with van der Waals surface area (Å²) in [4.78, 5) is 0. The van der Waals surface area contributed by atoms with Gasteiger partial charge in [0.05, 0.1) is 17.6 Å². The maximum Gasteiger partial charge on any atom is 0.408 e. The Morgan fingerprint density at radius 2 is 2.00 bits per heavy atom. The summed E-state index contributed by atoms with van der Waals surface area (Å²) in [5, 5.41) is 11.1. The van der Waals surface area contributed by atoms with Gasteiger partial charge in [-0.15, -0.1) is 0 Å². The van der Waals surface area contributed by atoms with Crippen molar-refractivity contribution >= 4 is 5.69 Å². The van der Waals surface area contributed by atoms with Crippen molar-refractivity contribution < 1.29 is 13.2 Å². The summed E-state index contributed by atoms with van der Waals surface area (Å²) in [5.74, 6) is 0. The zero-order chi connectivity index (χ0) is 14.8. The van der Waals surface area contributed by atoms with Crippen molar-refractivity contribution in [1.29, 1.82) is 0 Å². The molecule has 2 aromatic rings. The summed E-state index contributed by atoms with van der Waals surface area (Å²) in [7, 11) is 0. The molecule has 1 N–H and O–H groups in total. The Kier molecular flexibility index (Phi) is 4.01. The van der Waals surface area contributed by atoms with E-state index in [0.29, 0.717) is 12.1 Å². The Labute approximate surface area is 114 Å². The third kappa shape index (κ3) is 3.75. The van der Waals surface area contributed by atoms with E-state index in [4.69, 9.17) is 0 Å². The monoisotopic (exact) mass is 287 g/mol. The Morgan fingerprint density at radius 1 is 1.25 bits per heavy atom. The van der Waals surface area contributed by atoms with E-state index in [-0.39, 0.29) is 0 Å². The van der Waals surface area contributed by atoms with Crippen molar-refractivity contribution in [2.75, 3.05) is 5.32 Å². The van der Waals surface area contributed by atoms with Gasteiger partial charge >= 0.3 is 6.18 Å². The number of anilines is 1. The Balaban J connectivity index is 1.95. The maximum absolute atomic E-state index is 12.2. The van der Waals surface area contributed by atoms with Gasteiger partial charge in [0.1, 0.15) is 6.54 Å². The van der Waals surface area contributed by atoms with Gasteiger partial charge in [0.2, 0.25) is 0 Å². The van der Waals surface area contributed by atoms with Crippen molar-refractivity contribution in [3.05, 3.63) is 29.8 Å². The van der Waals surface area contributed by atoms with Crippen molar-refractivity contribution in [3.63, 3.8) is 0 Å². The number of rotatable bonds is 5. The van der Waals surface area contributed by atoms with Gasteiger partial charge in [0.25, 0.3) is 0 Å². The van der Waals surface area contributed by atoms with E-state index in [1.165, 1.54) is 12.4 Å². The number of aromatic nitrogens is 4. The number of hydrogen-bond acceptors (Lipinski definition) is 3. The fourth-order valence-electron chi connectivity index (χ4n) is 1.82. The second kappa shape index (κ2) is 5.56.